The highest BCUT2D eigenvalue weighted by molar-refractivity contribution is 7.10. The van der Waals surface area contributed by atoms with Crippen LogP contribution in [-0.2, 0) is 9.59 Å². The number of amides is 2. The van der Waals surface area contributed by atoms with Crippen LogP contribution >= 0.6 is 11.3 Å². The van der Waals surface area contributed by atoms with E-state index in [1.807, 2.05) is 17.5 Å². The van der Waals surface area contributed by atoms with Crippen LogP contribution in [0, 0.1) is 0 Å². The first-order valence-electron chi connectivity index (χ1n) is 6.39. The number of aromatic amines is 1. The molecule has 21 heavy (non-hydrogen) atoms. The molecule has 2 atom stereocenters. The highest BCUT2D eigenvalue weighted by Gasteiger charge is 2.20. The quantitative estimate of drug-likeness (QED) is 0.727. The van der Waals surface area contributed by atoms with Crippen molar-refractivity contribution in [3.63, 3.8) is 0 Å². The van der Waals surface area contributed by atoms with Crippen molar-refractivity contribution in [2.24, 2.45) is 0 Å². The van der Waals surface area contributed by atoms with Gasteiger partial charge in [0.2, 0.25) is 11.8 Å². The van der Waals surface area contributed by atoms with Crippen LogP contribution in [0.15, 0.2) is 17.5 Å². The molecule has 2 amide bonds. The van der Waals surface area contributed by atoms with Gasteiger partial charge in [0.25, 0.3) is 0 Å². The molecule has 0 aliphatic rings. The van der Waals surface area contributed by atoms with E-state index in [0.717, 1.165) is 4.88 Å². The molecular weight excluding hydrogens is 292 g/mol. The van der Waals surface area contributed by atoms with E-state index in [0.29, 0.717) is 5.82 Å². The van der Waals surface area contributed by atoms with Crippen LogP contribution in [0.3, 0.4) is 0 Å². The third-order valence-electron chi connectivity index (χ3n) is 2.78. The minimum atomic E-state index is -0.349. The maximum absolute atomic E-state index is 12.1. The Kier molecular flexibility index (Phi) is 4.99. The summed E-state index contributed by atoms with van der Waals surface area (Å²) >= 11 is 1.50. The minimum Gasteiger partial charge on any atom is -0.348 e. The molecule has 3 N–H and O–H groups in total. The first kappa shape index (κ1) is 15.1. The van der Waals surface area contributed by atoms with Crippen molar-refractivity contribution in [3.05, 3.63) is 28.2 Å². The van der Waals surface area contributed by atoms with E-state index in [4.69, 9.17) is 0 Å². The van der Waals surface area contributed by atoms with Gasteiger partial charge in [0.15, 0.2) is 5.82 Å². The zero-order valence-corrected chi connectivity index (χ0v) is 12.5. The van der Waals surface area contributed by atoms with Gasteiger partial charge in [0.1, 0.15) is 0 Å². The third-order valence-corrected chi connectivity index (χ3v) is 3.77. The van der Waals surface area contributed by atoms with Gasteiger partial charge in [0, 0.05) is 11.8 Å². The summed E-state index contributed by atoms with van der Waals surface area (Å²) in [7, 11) is 0. The molecule has 0 aliphatic heterocycles. The van der Waals surface area contributed by atoms with E-state index >= 15 is 0 Å². The summed E-state index contributed by atoms with van der Waals surface area (Å²) in [5.41, 5.74) is 0. The van der Waals surface area contributed by atoms with Crippen LogP contribution in [-0.4, -0.2) is 32.4 Å². The van der Waals surface area contributed by atoms with Gasteiger partial charge in [-0.25, -0.2) is 0 Å². The van der Waals surface area contributed by atoms with Crippen molar-refractivity contribution in [3.8, 4) is 0 Å². The van der Waals surface area contributed by atoms with Gasteiger partial charge in [-0.1, -0.05) is 11.3 Å². The highest BCUT2D eigenvalue weighted by atomic mass is 32.1. The number of H-pyrrole nitrogens is 1. The van der Waals surface area contributed by atoms with E-state index in [2.05, 4.69) is 31.3 Å². The minimum absolute atomic E-state index is 0.155. The number of hydrogen-bond acceptors (Lipinski definition) is 6. The number of carbonyl (C=O) groups excluding carboxylic acids is 2. The molecule has 2 aromatic rings. The summed E-state index contributed by atoms with van der Waals surface area (Å²) < 4.78 is 0. The molecule has 0 bridgehead atoms. The lowest BCUT2D eigenvalue weighted by molar-refractivity contribution is -0.123. The topological polar surface area (TPSA) is 113 Å². The van der Waals surface area contributed by atoms with Crippen LogP contribution in [0.1, 0.15) is 43.1 Å². The molecule has 0 radical (unpaired) electrons. The Morgan fingerprint density at radius 2 is 2.24 bits per heavy atom. The molecule has 2 aromatic heterocycles. The van der Waals surface area contributed by atoms with E-state index in [9.17, 15) is 9.59 Å². The summed E-state index contributed by atoms with van der Waals surface area (Å²) in [6.45, 7) is 3.20. The predicted octanol–water partition coefficient (Wildman–Crippen LogP) is 0.706. The summed E-state index contributed by atoms with van der Waals surface area (Å²) in [5.74, 6) is 0.0439. The van der Waals surface area contributed by atoms with Gasteiger partial charge < -0.3 is 10.6 Å². The maximum atomic E-state index is 12.1. The first-order valence-corrected chi connectivity index (χ1v) is 7.27. The van der Waals surface area contributed by atoms with Crippen LogP contribution in [0.2, 0.25) is 0 Å². The number of aromatic nitrogens is 4. The Hall–Kier alpha value is -2.29. The van der Waals surface area contributed by atoms with Gasteiger partial charge >= 0.3 is 0 Å². The van der Waals surface area contributed by atoms with Crippen molar-refractivity contribution in [2.45, 2.75) is 32.4 Å². The molecule has 0 fully saturated rings. The fraction of sp³-hybridized carbons (Fsp3) is 0.417. The normalized spacial score (nSPS) is 13.4. The number of nitrogens with one attached hydrogen (secondary N) is 3. The number of thiophene rings is 1. The summed E-state index contributed by atoms with van der Waals surface area (Å²) in [6, 6.07) is 3.09. The van der Waals surface area contributed by atoms with E-state index in [-0.39, 0.29) is 30.3 Å². The van der Waals surface area contributed by atoms with Crippen molar-refractivity contribution in [1.82, 2.24) is 31.3 Å². The summed E-state index contributed by atoms with van der Waals surface area (Å²) in [4.78, 5) is 24.3. The molecule has 0 saturated carbocycles. The monoisotopic (exact) mass is 308 g/mol. The Morgan fingerprint density at radius 1 is 1.43 bits per heavy atom. The van der Waals surface area contributed by atoms with Crippen molar-refractivity contribution in [2.75, 3.05) is 0 Å². The Balaban J connectivity index is 1.96. The lowest BCUT2D eigenvalue weighted by atomic mass is 10.1. The third kappa shape index (κ3) is 4.35. The van der Waals surface area contributed by atoms with Gasteiger partial charge in [-0.05, 0) is 18.4 Å². The molecule has 2 unspecified atom stereocenters. The van der Waals surface area contributed by atoms with Crippen LogP contribution in [0.4, 0.5) is 0 Å². The van der Waals surface area contributed by atoms with E-state index < -0.39 is 0 Å². The van der Waals surface area contributed by atoms with Crippen molar-refractivity contribution >= 4 is 23.2 Å². The molecule has 9 heteroatoms. The lowest BCUT2D eigenvalue weighted by Crippen LogP contribution is -2.33. The Bertz CT molecular complexity index is 583. The Morgan fingerprint density at radius 3 is 2.81 bits per heavy atom. The summed E-state index contributed by atoms with van der Waals surface area (Å²) in [6.07, 6.45) is 0.155. The number of tetrazole rings is 1. The SMILES string of the molecule is CC(=O)NC(CC(=O)NC(C)c1nn[nH]n1)c1cccs1. The zero-order valence-electron chi connectivity index (χ0n) is 11.7. The molecule has 0 saturated heterocycles. The molecule has 2 heterocycles. The molecule has 0 aromatic carbocycles. The second-order valence-corrected chi connectivity index (χ2v) is 5.51. The van der Waals surface area contributed by atoms with Crippen molar-refractivity contribution < 1.29 is 9.59 Å². The van der Waals surface area contributed by atoms with Crippen LogP contribution in [0.25, 0.3) is 0 Å². The first-order chi connectivity index (χ1) is 10.1. The molecule has 0 spiro atoms. The maximum Gasteiger partial charge on any atom is 0.223 e. The number of rotatable bonds is 6. The second kappa shape index (κ2) is 6.93. The summed E-state index contributed by atoms with van der Waals surface area (Å²) in [5, 5.41) is 20.9. The number of nitrogens with zero attached hydrogens (tertiary/aromatic N) is 3. The van der Waals surface area contributed by atoms with Gasteiger partial charge in [-0.2, -0.15) is 5.21 Å². The van der Waals surface area contributed by atoms with Gasteiger partial charge in [0.05, 0.1) is 18.5 Å². The lowest BCUT2D eigenvalue weighted by Gasteiger charge is -2.17. The molecule has 2 rings (SSSR count). The van der Waals surface area contributed by atoms with Crippen LogP contribution in [0.5, 0.6) is 0 Å². The average Bonchev–Trinajstić information content (AvgIpc) is 3.11. The zero-order chi connectivity index (χ0) is 15.2. The fourth-order valence-corrected chi connectivity index (χ4v) is 2.64. The Labute approximate surface area is 125 Å². The highest BCUT2D eigenvalue weighted by Crippen LogP contribution is 2.22. The smallest absolute Gasteiger partial charge is 0.223 e. The number of hydrogen-bond donors (Lipinski definition) is 3. The van der Waals surface area contributed by atoms with E-state index in [1.165, 1.54) is 18.3 Å². The molecule has 112 valence electrons. The molecule has 8 nitrogen and oxygen atoms in total. The molecular formula is C12H16N6O2S. The van der Waals surface area contributed by atoms with Gasteiger partial charge in [-0.3, -0.25) is 9.59 Å². The average molecular weight is 308 g/mol. The largest absolute Gasteiger partial charge is 0.348 e. The fourth-order valence-electron chi connectivity index (χ4n) is 1.86. The van der Waals surface area contributed by atoms with Crippen LogP contribution < -0.4 is 10.6 Å². The standard InChI is InChI=1S/C12H16N6O2S/c1-7(12-15-17-18-16-12)13-11(20)6-9(14-8(2)19)10-4-3-5-21-10/h3-5,7,9H,6H2,1-2H3,(H,13,20)(H,14,19)(H,15,16,17,18). The van der Waals surface area contributed by atoms with Crippen molar-refractivity contribution in [1.29, 1.82) is 0 Å². The van der Waals surface area contributed by atoms with E-state index in [1.54, 1.807) is 6.92 Å². The predicted molar refractivity (Wildman–Crippen MR) is 76.2 cm³/mol. The second-order valence-electron chi connectivity index (χ2n) is 4.53. The van der Waals surface area contributed by atoms with Gasteiger partial charge in [-0.15, -0.1) is 21.5 Å². The number of carbonyl (C=O) groups is 2. The molecule has 0 aliphatic carbocycles.